The Labute approximate surface area is 265 Å². The van der Waals surface area contributed by atoms with Gasteiger partial charge in [-0.05, 0) is 36.8 Å². The van der Waals surface area contributed by atoms with Gasteiger partial charge in [0, 0.05) is 48.5 Å². The van der Waals surface area contributed by atoms with Crippen molar-refractivity contribution in [3.8, 4) is 0 Å². The minimum atomic E-state index is -3.85. The molecule has 0 unspecified atom stereocenters. The number of hydrogen-bond donors (Lipinski definition) is 3. The Morgan fingerprint density at radius 1 is 1.02 bits per heavy atom. The Kier molecular flexibility index (Phi) is 10.7. The summed E-state index contributed by atoms with van der Waals surface area (Å²) in [6.45, 7) is 4.71. The van der Waals surface area contributed by atoms with Crippen LogP contribution in [0.1, 0.15) is 28.4 Å². The van der Waals surface area contributed by atoms with Crippen molar-refractivity contribution in [2.45, 2.75) is 24.8 Å². The largest absolute Gasteiger partial charge is 0.619 e. The van der Waals surface area contributed by atoms with Crippen LogP contribution in [0, 0.1) is 5.21 Å². The number of nitrogens with one attached hydrogen (secondary N) is 3. The molecule has 4 aromatic heterocycles. The van der Waals surface area contributed by atoms with Gasteiger partial charge in [0.25, 0.3) is 15.9 Å². The lowest BCUT2D eigenvalue weighted by atomic mass is 10.2. The third kappa shape index (κ3) is 8.12. The van der Waals surface area contributed by atoms with E-state index in [1.807, 2.05) is 19.1 Å². The molecule has 0 aliphatic heterocycles. The van der Waals surface area contributed by atoms with Gasteiger partial charge in [-0.25, -0.2) is 9.97 Å². The molecule has 0 bridgehead atoms. The Bertz CT molecular complexity index is 1850. The Morgan fingerprint density at radius 3 is 2.52 bits per heavy atom. The molecule has 1 aromatic carbocycles. The molecule has 17 heteroatoms. The number of fused-ring (bicyclic) bond motifs is 1. The normalized spacial score (nSPS) is 11.5. The van der Waals surface area contributed by atoms with E-state index in [0.717, 1.165) is 50.5 Å². The SMILES string of the molecule is CCc1cnn2c(NCc3ccc[n+]([O-])c3)cc(NCCOCCOCCNC(=O)c3ccc(S(=O)(=O)n4cncn4)cc3)nc12. The van der Waals surface area contributed by atoms with E-state index < -0.39 is 10.0 Å². The quantitative estimate of drug-likeness (QED) is 0.0742. The number of ether oxygens (including phenoxy) is 2. The van der Waals surface area contributed by atoms with Gasteiger partial charge in [0.15, 0.2) is 18.0 Å². The van der Waals surface area contributed by atoms with Crippen LogP contribution >= 0.6 is 0 Å². The smallest absolute Gasteiger partial charge is 0.284 e. The van der Waals surface area contributed by atoms with Gasteiger partial charge in [0.2, 0.25) is 0 Å². The van der Waals surface area contributed by atoms with E-state index in [0.29, 0.717) is 44.3 Å². The summed E-state index contributed by atoms with van der Waals surface area (Å²) in [6.07, 6.45) is 7.76. The summed E-state index contributed by atoms with van der Waals surface area (Å²) in [4.78, 5) is 20.7. The van der Waals surface area contributed by atoms with Crippen LogP contribution in [0.3, 0.4) is 0 Å². The van der Waals surface area contributed by atoms with Crippen molar-refractivity contribution in [1.82, 2.24) is 34.1 Å². The molecule has 0 radical (unpaired) electrons. The number of amides is 1. The van der Waals surface area contributed by atoms with Crippen LogP contribution in [0.4, 0.5) is 11.6 Å². The second kappa shape index (κ2) is 15.2. The molecule has 242 valence electrons. The number of rotatable bonds is 17. The first-order valence-corrected chi connectivity index (χ1v) is 16.0. The van der Waals surface area contributed by atoms with Gasteiger partial charge in [-0.1, -0.05) is 6.92 Å². The van der Waals surface area contributed by atoms with Crippen LogP contribution in [0.2, 0.25) is 0 Å². The van der Waals surface area contributed by atoms with E-state index in [4.69, 9.17) is 14.5 Å². The average molecular weight is 651 g/mol. The highest BCUT2D eigenvalue weighted by atomic mass is 32.2. The summed E-state index contributed by atoms with van der Waals surface area (Å²) < 4.78 is 39.4. The molecule has 46 heavy (non-hydrogen) atoms. The molecule has 4 heterocycles. The van der Waals surface area contributed by atoms with Gasteiger partial charge in [0.05, 0.1) is 37.5 Å². The Morgan fingerprint density at radius 2 is 1.80 bits per heavy atom. The Balaban J connectivity index is 0.990. The molecule has 0 fully saturated rings. The van der Waals surface area contributed by atoms with E-state index in [2.05, 4.69) is 31.1 Å². The summed E-state index contributed by atoms with van der Waals surface area (Å²) in [5, 5.41) is 29.1. The van der Waals surface area contributed by atoms with Crippen LogP contribution in [-0.2, 0) is 32.5 Å². The third-order valence-corrected chi connectivity index (χ3v) is 8.30. The number of anilines is 2. The van der Waals surface area contributed by atoms with Crippen molar-refractivity contribution in [3.63, 3.8) is 0 Å². The minimum absolute atomic E-state index is 0.00467. The topological polar surface area (TPSA) is 194 Å². The predicted molar refractivity (Wildman–Crippen MR) is 167 cm³/mol. The second-order valence-electron chi connectivity index (χ2n) is 9.92. The van der Waals surface area contributed by atoms with Crippen LogP contribution < -0.4 is 20.7 Å². The fourth-order valence-corrected chi connectivity index (χ4v) is 5.43. The zero-order valence-electron chi connectivity index (χ0n) is 25.1. The number of aryl methyl sites for hydroxylation is 1. The molecule has 1 amide bonds. The molecule has 16 nitrogen and oxygen atoms in total. The van der Waals surface area contributed by atoms with Crippen LogP contribution in [-0.4, -0.2) is 82.6 Å². The number of pyridine rings is 1. The molecule has 0 saturated heterocycles. The number of carbonyl (C=O) groups excluding carboxylic acids is 1. The van der Waals surface area contributed by atoms with E-state index in [1.54, 1.807) is 16.8 Å². The van der Waals surface area contributed by atoms with Gasteiger partial charge in [-0.15, -0.1) is 9.19 Å². The maximum absolute atomic E-state index is 12.4. The summed E-state index contributed by atoms with van der Waals surface area (Å²) >= 11 is 0. The van der Waals surface area contributed by atoms with Crippen molar-refractivity contribution in [3.05, 3.63) is 95.6 Å². The zero-order chi connectivity index (χ0) is 32.4. The maximum Gasteiger partial charge on any atom is 0.284 e. The molecule has 5 rings (SSSR count). The highest BCUT2D eigenvalue weighted by Gasteiger charge is 2.18. The predicted octanol–water partition coefficient (Wildman–Crippen LogP) is 1.24. The molecular formula is C29H34N10O6S. The van der Waals surface area contributed by atoms with Crippen molar-refractivity contribution in [2.75, 3.05) is 50.2 Å². The molecule has 3 N–H and O–H groups in total. The zero-order valence-corrected chi connectivity index (χ0v) is 25.9. The molecule has 0 aliphatic carbocycles. The molecule has 0 saturated carbocycles. The first kappa shape index (κ1) is 32.3. The Hall–Kier alpha value is -5.13. The van der Waals surface area contributed by atoms with E-state index in [9.17, 15) is 18.4 Å². The highest BCUT2D eigenvalue weighted by Crippen LogP contribution is 2.20. The first-order valence-electron chi connectivity index (χ1n) is 14.5. The second-order valence-corrected chi connectivity index (χ2v) is 11.7. The van der Waals surface area contributed by atoms with Crippen LogP contribution in [0.15, 0.2) is 78.6 Å². The number of carbonyl (C=O) groups is 1. The highest BCUT2D eigenvalue weighted by molar-refractivity contribution is 7.89. The number of benzene rings is 1. The number of aromatic nitrogens is 7. The van der Waals surface area contributed by atoms with Crippen LogP contribution in [0.25, 0.3) is 5.65 Å². The van der Waals surface area contributed by atoms with Crippen molar-refractivity contribution in [2.24, 2.45) is 0 Å². The van der Waals surface area contributed by atoms with E-state index in [-0.39, 0.29) is 24.0 Å². The minimum Gasteiger partial charge on any atom is -0.619 e. The average Bonchev–Trinajstić information content (AvgIpc) is 3.76. The van der Waals surface area contributed by atoms with E-state index in [1.165, 1.54) is 36.7 Å². The van der Waals surface area contributed by atoms with Gasteiger partial charge in [0.1, 0.15) is 24.3 Å². The van der Waals surface area contributed by atoms with Gasteiger partial charge in [-0.3, -0.25) is 4.79 Å². The van der Waals surface area contributed by atoms with Gasteiger partial charge >= 0.3 is 0 Å². The summed E-state index contributed by atoms with van der Waals surface area (Å²) in [5.74, 6) is 1.06. The standard InChI is InChI=1S/C29H34N10O6S/c1-2-23-18-34-39-27(33-17-22-4-3-11-37(41)19-22)16-26(36-28(23)39)31-9-12-44-14-15-45-13-10-32-29(40)24-5-7-25(8-6-24)46(42,43)38-21-30-20-35-38/h3-8,11,16,18-21,33H,2,9-10,12-15,17H2,1H3,(H,31,36)(H,32,40). The van der Waals surface area contributed by atoms with E-state index >= 15 is 0 Å². The first-order chi connectivity index (χ1) is 22.3. The maximum atomic E-state index is 12.4. The third-order valence-electron chi connectivity index (χ3n) is 6.75. The molecular weight excluding hydrogens is 616 g/mol. The molecule has 0 spiro atoms. The summed E-state index contributed by atoms with van der Waals surface area (Å²) in [7, 11) is -3.85. The molecule has 5 aromatic rings. The van der Waals surface area contributed by atoms with Crippen molar-refractivity contribution >= 4 is 33.2 Å². The fourth-order valence-electron chi connectivity index (χ4n) is 4.39. The van der Waals surface area contributed by atoms with Crippen molar-refractivity contribution < 1.29 is 27.4 Å². The molecule has 0 aliphatic rings. The fraction of sp³-hybridized carbons (Fsp3) is 0.310. The van der Waals surface area contributed by atoms with Gasteiger partial charge < -0.3 is 30.6 Å². The summed E-state index contributed by atoms with van der Waals surface area (Å²) in [6, 6.07) is 11.0. The number of nitrogens with zero attached hydrogens (tertiary/aromatic N) is 7. The lowest BCUT2D eigenvalue weighted by Crippen LogP contribution is -2.27. The van der Waals surface area contributed by atoms with Crippen LogP contribution in [0.5, 0.6) is 0 Å². The lowest BCUT2D eigenvalue weighted by Gasteiger charge is -2.12. The monoisotopic (exact) mass is 650 g/mol. The molecule has 0 atom stereocenters. The van der Waals surface area contributed by atoms with Gasteiger partial charge in [-0.2, -0.15) is 22.8 Å². The summed E-state index contributed by atoms with van der Waals surface area (Å²) in [5.41, 5.74) is 2.91. The lowest BCUT2D eigenvalue weighted by molar-refractivity contribution is -0.605. The van der Waals surface area contributed by atoms with Crippen molar-refractivity contribution in [1.29, 1.82) is 0 Å². The number of hydrogen-bond acceptors (Lipinski definition) is 12.